The number of hydrogen-bond acceptors (Lipinski definition) is 6. The Balaban J connectivity index is 0.949. The van der Waals surface area contributed by atoms with Crippen molar-refractivity contribution in [1.29, 1.82) is 0 Å². The molecule has 0 atom stereocenters. The van der Waals surface area contributed by atoms with Crippen molar-refractivity contribution in [2.24, 2.45) is 0 Å². The molecule has 22 rings (SSSR count). The Kier molecular flexibility index (Phi) is 16.0. The fourth-order valence-corrected chi connectivity index (χ4v) is 19.4. The van der Waals surface area contributed by atoms with Crippen molar-refractivity contribution in [1.82, 2.24) is 0 Å². The highest BCUT2D eigenvalue weighted by atomic mass is 16.3. The summed E-state index contributed by atoms with van der Waals surface area (Å²) in [5, 5.41) is 8.49. The van der Waals surface area contributed by atoms with E-state index in [4.69, 9.17) is 17.7 Å². The summed E-state index contributed by atoms with van der Waals surface area (Å²) in [5.41, 5.74) is 35.6. The first-order valence-electron chi connectivity index (χ1n) is 41.9. The van der Waals surface area contributed by atoms with E-state index >= 15 is 0 Å². The lowest BCUT2D eigenvalue weighted by Crippen LogP contribution is -2.61. The number of para-hydroxylation sites is 4. The van der Waals surface area contributed by atoms with Crippen LogP contribution in [0.2, 0.25) is 0 Å². The molecule has 0 aliphatic carbocycles. The van der Waals surface area contributed by atoms with Crippen LogP contribution in [0.1, 0.15) is 105 Å². The van der Waals surface area contributed by atoms with Crippen LogP contribution in [0.5, 0.6) is 0 Å². The summed E-state index contributed by atoms with van der Waals surface area (Å²) in [5.74, 6) is 0. The maximum atomic E-state index is 7.02. The van der Waals surface area contributed by atoms with Crippen molar-refractivity contribution < 1.29 is 17.7 Å². The number of benzene rings is 16. The van der Waals surface area contributed by atoms with Crippen LogP contribution in [-0.2, 0) is 21.7 Å². The summed E-state index contributed by atoms with van der Waals surface area (Å²) < 4.78 is 28.1. The Morgan fingerprint density at radius 3 is 0.882 bits per heavy atom. The molecule has 2 aliphatic rings. The van der Waals surface area contributed by atoms with E-state index in [1.165, 1.54) is 38.6 Å². The summed E-state index contributed by atoms with van der Waals surface area (Å²) in [6.07, 6.45) is 0. The Morgan fingerprint density at radius 2 is 0.521 bits per heavy atom. The first kappa shape index (κ1) is 71.9. The van der Waals surface area contributed by atoms with Gasteiger partial charge in [-0.3, -0.25) is 0 Å². The summed E-state index contributed by atoms with van der Waals surface area (Å²) in [6.45, 7) is 28.1. The van der Waals surface area contributed by atoms with Gasteiger partial charge in [0.05, 0.1) is 11.4 Å². The van der Waals surface area contributed by atoms with Gasteiger partial charge in [0.2, 0.25) is 0 Å². The third kappa shape index (κ3) is 11.5. The van der Waals surface area contributed by atoms with Gasteiger partial charge in [0.15, 0.2) is 0 Å². The lowest BCUT2D eigenvalue weighted by atomic mass is 9.33. The average Bonchev–Trinajstić information content (AvgIpc) is 1.19. The molecule has 4 aromatic heterocycles. The van der Waals surface area contributed by atoms with Gasteiger partial charge in [0, 0.05) is 88.1 Å². The molecule has 0 spiro atoms. The quantitative estimate of drug-likeness (QED) is 0.134. The number of hydrogen-bond donors (Lipinski definition) is 0. The lowest BCUT2D eigenvalue weighted by Gasteiger charge is -2.47. The Morgan fingerprint density at radius 1 is 0.210 bits per heavy atom. The van der Waals surface area contributed by atoms with Gasteiger partial charge in [0.1, 0.15) is 44.7 Å². The third-order valence-electron chi connectivity index (χ3n) is 25.5. The molecule has 0 N–H and O–H groups in total. The number of anilines is 6. The molecule has 0 saturated heterocycles. The fraction of sp³-hybridized carbons (Fsp3) is 0.143. The minimum absolute atomic E-state index is 0.281. The van der Waals surface area contributed by atoms with Crippen molar-refractivity contribution in [2.75, 3.05) is 9.80 Å². The average molecular weight is 1540 g/mol. The van der Waals surface area contributed by atoms with Crippen molar-refractivity contribution in [3.63, 3.8) is 0 Å². The zero-order valence-corrected chi connectivity index (χ0v) is 69.2. The van der Waals surface area contributed by atoms with Gasteiger partial charge in [-0.1, -0.05) is 289 Å². The van der Waals surface area contributed by atoms with Crippen molar-refractivity contribution in [2.45, 2.75) is 105 Å². The molecule has 0 bridgehead atoms. The molecule has 0 radical (unpaired) electrons. The second kappa shape index (κ2) is 26.4. The fourth-order valence-electron chi connectivity index (χ4n) is 19.4. The standard InChI is InChI=1S/C112H89BN2O4/c1-109(2,3)72-52-53-88-91(63-72)115(108-86(78-41-29-49-100-104(78)82-37-21-25-45-96(82)118-100)61-74(111(7,8)9)62-87(108)79-42-30-50-101-105(79)83-38-22-26-46-97(83)119-101)93-65-75(112(10,11)12)64-92-106(93)113(88)89-58-68(71-56-69(66-31-15-13-16-32-66)55-70(57-71)67-33-17-14-18-34-67)51-54-90(89)114(92)107-84(76-39-27-47-98-102(76)80-35-19-23-43-94(80)116-98)59-73(110(4,5)6)60-85(107)77-40-28-48-99-103(77)81-36-20-24-44-95(81)117-99/h13-65H,1-12H3. The molecule has 6 nitrogen and oxygen atoms in total. The van der Waals surface area contributed by atoms with Gasteiger partial charge in [-0.05, 0) is 231 Å². The van der Waals surface area contributed by atoms with Crippen LogP contribution in [-0.4, -0.2) is 6.71 Å². The van der Waals surface area contributed by atoms with E-state index < -0.39 is 5.41 Å². The van der Waals surface area contributed by atoms with Crippen molar-refractivity contribution in [3.8, 4) is 77.9 Å². The highest BCUT2D eigenvalue weighted by molar-refractivity contribution is 7.00. The van der Waals surface area contributed by atoms with E-state index in [0.29, 0.717) is 0 Å². The summed E-state index contributed by atoms with van der Waals surface area (Å²) in [4.78, 5) is 5.48. The zero-order valence-electron chi connectivity index (χ0n) is 69.2. The van der Waals surface area contributed by atoms with E-state index in [9.17, 15) is 0 Å². The number of furan rings is 4. The maximum absolute atomic E-state index is 7.02. The van der Waals surface area contributed by atoms with Crippen LogP contribution < -0.4 is 26.2 Å². The minimum atomic E-state index is -0.426. The normalized spacial score (nSPS) is 13.2. The van der Waals surface area contributed by atoms with Crippen LogP contribution in [0.4, 0.5) is 34.1 Å². The van der Waals surface area contributed by atoms with Crippen molar-refractivity contribution in [3.05, 3.63) is 344 Å². The number of fused-ring (bicyclic) bond motifs is 16. The minimum Gasteiger partial charge on any atom is -0.456 e. The molecule has 2 aliphatic heterocycles. The van der Waals surface area contributed by atoms with Crippen LogP contribution in [0.25, 0.3) is 166 Å². The lowest BCUT2D eigenvalue weighted by molar-refractivity contribution is 0.589. The predicted molar refractivity (Wildman–Crippen MR) is 502 cm³/mol. The zero-order chi connectivity index (χ0) is 80.9. The van der Waals surface area contributed by atoms with Gasteiger partial charge < -0.3 is 27.5 Å². The highest BCUT2D eigenvalue weighted by Gasteiger charge is 2.47. The summed E-state index contributed by atoms with van der Waals surface area (Å²) in [6, 6.07) is 120. The van der Waals surface area contributed by atoms with Gasteiger partial charge in [-0.2, -0.15) is 0 Å². The molecule has 0 fully saturated rings. The van der Waals surface area contributed by atoms with Gasteiger partial charge >= 0.3 is 0 Å². The molecule has 0 amide bonds. The first-order chi connectivity index (χ1) is 57.5. The topological polar surface area (TPSA) is 59.0 Å². The molecule has 7 heteroatoms. The largest absolute Gasteiger partial charge is 0.456 e. The number of nitrogens with zero attached hydrogens (tertiary/aromatic N) is 2. The smallest absolute Gasteiger partial charge is 0.252 e. The number of rotatable bonds is 9. The Labute approximate surface area is 694 Å². The van der Waals surface area contributed by atoms with E-state index in [2.05, 4.69) is 414 Å². The molecule has 16 aromatic carbocycles. The van der Waals surface area contributed by atoms with E-state index in [-0.39, 0.29) is 23.0 Å². The van der Waals surface area contributed by atoms with E-state index in [0.717, 1.165) is 200 Å². The Bertz CT molecular complexity index is 7280. The molecule has 20 aromatic rings. The van der Waals surface area contributed by atoms with Gasteiger partial charge in [0.25, 0.3) is 6.71 Å². The van der Waals surface area contributed by atoms with Crippen LogP contribution in [0.3, 0.4) is 0 Å². The SMILES string of the molecule is CC(C)(C)c1cc(-c2cccc3oc4ccccc4c23)c(N2c3ccc(-c4cc(-c5ccccc5)cc(-c5ccccc5)c4)cc3B3c4ccc(C(C)(C)C)cc4N(c4c(-c5cccc6oc7ccccc7c56)cc(C(C)(C)C)cc4-c4cccc5oc6ccccc6c45)c4cc(C(C)(C)C)cc2c43)c(-c2cccc3oc4ccccc4c23)c1. The predicted octanol–water partition coefficient (Wildman–Crippen LogP) is 30.2. The molecule has 0 saturated carbocycles. The molecule has 119 heavy (non-hydrogen) atoms. The summed E-state index contributed by atoms with van der Waals surface area (Å²) >= 11 is 0. The Hall–Kier alpha value is -13.6. The first-order valence-corrected chi connectivity index (χ1v) is 41.9. The van der Waals surface area contributed by atoms with E-state index in [1.54, 1.807) is 0 Å². The summed E-state index contributed by atoms with van der Waals surface area (Å²) in [7, 11) is 0. The highest BCUT2D eigenvalue weighted by Crippen LogP contribution is 2.59. The molecular weight excluding hydrogens is 1450 g/mol. The monoisotopic (exact) mass is 1540 g/mol. The van der Waals surface area contributed by atoms with Crippen LogP contribution >= 0.6 is 0 Å². The second-order valence-corrected chi connectivity index (χ2v) is 37.1. The van der Waals surface area contributed by atoms with Gasteiger partial charge in [-0.15, -0.1) is 0 Å². The maximum Gasteiger partial charge on any atom is 0.252 e. The molecular formula is C112H89BN2O4. The van der Waals surface area contributed by atoms with E-state index in [1.807, 2.05) is 0 Å². The van der Waals surface area contributed by atoms with Crippen molar-refractivity contribution >= 4 is 145 Å². The molecule has 0 unspecified atom stereocenters. The molecule has 6 heterocycles. The third-order valence-corrected chi connectivity index (χ3v) is 25.5. The van der Waals surface area contributed by atoms with Gasteiger partial charge in [-0.25, -0.2) is 0 Å². The molecule has 574 valence electrons. The second-order valence-electron chi connectivity index (χ2n) is 37.1. The van der Waals surface area contributed by atoms with Crippen LogP contribution in [0, 0.1) is 0 Å². The van der Waals surface area contributed by atoms with Crippen LogP contribution in [0.15, 0.2) is 339 Å².